The van der Waals surface area contributed by atoms with Crippen LogP contribution in [0.25, 0.3) is 0 Å². The molecule has 0 bridgehead atoms. The molecule has 30 heavy (non-hydrogen) atoms. The van der Waals surface area contributed by atoms with Crippen LogP contribution in [0.3, 0.4) is 0 Å². The number of carbonyl (C=O) groups is 1. The molecular weight excluding hydrogens is 378 g/mol. The zero-order chi connectivity index (χ0) is 20.5. The fourth-order valence-electron chi connectivity index (χ4n) is 4.75. The Morgan fingerprint density at radius 1 is 1.03 bits per heavy atom. The fourth-order valence-corrected chi connectivity index (χ4v) is 4.75. The number of amides is 1. The zero-order valence-corrected chi connectivity index (χ0v) is 17.5. The lowest BCUT2D eigenvalue weighted by Crippen LogP contribution is -2.45. The summed E-state index contributed by atoms with van der Waals surface area (Å²) < 4.78 is 11.3. The minimum absolute atomic E-state index is 0.139. The third-order valence-corrected chi connectivity index (χ3v) is 6.30. The van der Waals surface area contributed by atoms with Crippen LogP contribution in [0.5, 0.6) is 11.5 Å². The van der Waals surface area contributed by atoms with Gasteiger partial charge in [0.2, 0.25) is 0 Å². The standard InChI is InChI=1S/C24H29N3O3/c1-26-10-2-4-17-14-18(6-8-21(17)26)24(28)27-11-3-5-20(16-27)25-19-7-9-22-23(15-19)30-13-12-29-22/h6-9,14-15,20,25H,2-5,10-13,16H2,1H3. The quantitative estimate of drug-likeness (QED) is 0.843. The van der Waals surface area contributed by atoms with Crippen molar-refractivity contribution in [1.82, 2.24) is 4.90 Å². The smallest absolute Gasteiger partial charge is 0.253 e. The molecule has 3 aliphatic heterocycles. The van der Waals surface area contributed by atoms with Crippen LogP contribution in [0.2, 0.25) is 0 Å². The van der Waals surface area contributed by atoms with Crippen LogP contribution in [0.1, 0.15) is 35.2 Å². The molecule has 0 spiro atoms. The number of ether oxygens (including phenoxy) is 2. The van der Waals surface area contributed by atoms with E-state index in [1.807, 2.05) is 29.2 Å². The Labute approximate surface area is 177 Å². The van der Waals surface area contributed by atoms with Gasteiger partial charge in [0, 0.05) is 55.7 Å². The van der Waals surface area contributed by atoms with Gasteiger partial charge in [-0.2, -0.15) is 0 Å². The van der Waals surface area contributed by atoms with E-state index < -0.39 is 0 Å². The second-order valence-corrected chi connectivity index (χ2v) is 8.46. The molecule has 2 aromatic carbocycles. The molecule has 1 atom stereocenters. The summed E-state index contributed by atoms with van der Waals surface area (Å²) in [6.45, 7) is 3.79. The first-order chi connectivity index (χ1) is 14.7. The molecule has 2 aromatic rings. The maximum atomic E-state index is 13.2. The van der Waals surface area contributed by atoms with Gasteiger partial charge in [-0.15, -0.1) is 0 Å². The van der Waals surface area contributed by atoms with Gasteiger partial charge in [0.1, 0.15) is 13.2 Å². The molecule has 1 fully saturated rings. The molecular formula is C24H29N3O3. The molecule has 0 radical (unpaired) electrons. The first kappa shape index (κ1) is 19.1. The van der Waals surface area contributed by atoms with E-state index in [0.717, 1.165) is 61.5 Å². The van der Waals surface area contributed by atoms with Crippen molar-refractivity contribution in [2.45, 2.75) is 31.7 Å². The highest BCUT2D eigenvalue weighted by molar-refractivity contribution is 5.95. The summed E-state index contributed by atoms with van der Waals surface area (Å²) in [5.74, 6) is 1.72. The Hall–Kier alpha value is -2.89. The third-order valence-electron chi connectivity index (χ3n) is 6.30. The number of nitrogens with one attached hydrogen (secondary N) is 1. The highest BCUT2D eigenvalue weighted by Gasteiger charge is 2.26. The van der Waals surface area contributed by atoms with E-state index in [4.69, 9.17) is 9.47 Å². The SMILES string of the molecule is CN1CCCc2cc(C(=O)N3CCCC(Nc4ccc5c(c4)OCCO5)C3)ccc21. The molecule has 158 valence electrons. The number of fused-ring (bicyclic) bond motifs is 2. The second-order valence-electron chi connectivity index (χ2n) is 8.46. The first-order valence-corrected chi connectivity index (χ1v) is 11.0. The number of anilines is 2. The highest BCUT2D eigenvalue weighted by atomic mass is 16.6. The van der Waals surface area contributed by atoms with Crippen LogP contribution < -0.4 is 19.7 Å². The lowest BCUT2D eigenvalue weighted by atomic mass is 9.98. The molecule has 6 nitrogen and oxygen atoms in total. The van der Waals surface area contributed by atoms with Gasteiger partial charge in [0.25, 0.3) is 5.91 Å². The number of piperidine rings is 1. The van der Waals surface area contributed by atoms with E-state index in [1.165, 1.54) is 11.3 Å². The van der Waals surface area contributed by atoms with Gasteiger partial charge >= 0.3 is 0 Å². The number of rotatable bonds is 3. The van der Waals surface area contributed by atoms with E-state index in [0.29, 0.717) is 19.8 Å². The molecule has 0 saturated carbocycles. The predicted molar refractivity (Wildman–Crippen MR) is 118 cm³/mol. The van der Waals surface area contributed by atoms with Gasteiger partial charge in [0.05, 0.1) is 0 Å². The number of carbonyl (C=O) groups excluding carboxylic acids is 1. The van der Waals surface area contributed by atoms with Crippen LogP contribution in [-0.4, -0.2) is 56.7 Å². The van der Waals surface area contributed by atoms with Crippen molar-refractivity contribution in [2.24, 2.45) is 0 Å². The summed E-state index contributed by atoms with van der Waals surface area (Å²) in [5.41, 5.74) is 4.37. The number of aryl methyl sites for hydroxylation is 1. The lowest BCUT2D eigenvalue weighted by molar-refractivity contribution is 0.0714. The molecule has 0 aliphatic carbocycles. The summed E-state index contributed by atoms with van der Waals surface area (Å²) in [5, 5.41) is 3.59. The van der Waals surface area contributed by atoms with Crippen molar-refractivity contribution in [3.63, 3.8) is 0 Å². The highest BCUT2D eigenvalue weighted by Crippen LogP contribution is 2.33. The Morgan fingerprint density at radius 2 is 1.90 bits per heavy atom. The molecule has 1 saturated heterocycles. The van der Waals surface area contributed by atoms with E-state index in [2.05, 4.69) is 29.4 Å². The largest absolute Gasteiger partial charge is 0.486 e. The molecule has 1 unspecified atom stereocenters. The van der Waals surface area contributed by atoms with Crippen molar-refractivity contribution in [2.75, 3.05) is 50.1 Å². The maximum Gasteiger partial charge on any atom is 0.253 e. The first-order valence-electron chi connectivity index (χ1n) is 11.0. The summed E-state index contributed by atoms with van der Waals surface area (Å²) >= 11 is 0. The van der Waals surface area contributed by atoms with E-state index in [9.17, 15) is 4.79 Å². The molecule has 6 heteroatoms. The van der Waals surface area contributed by atoms with Crippen LogP contribution in [0, 0.1) is 0 Å². The summed E-state index contributed by atoms with van der Waals surface area (Å²) in [7, 11) is 2.12. The Morgan fingerprint density at radius 3 is 2.80 bits per heavy atom. The number of hydrogen-bond acceptors (Lipinski definition) is 5. The number of benzene rings is 2. The average molecular weight is 408 g/mol. The second kappa shape index (κ2) is 8.09. The van der Waals surface area contributed by atoms with Gasteiger partial charge in [-0.3, -0.25) is 4.79 Å². The monoisotopic (exact) mass is 407 g/mol. The number of hydrogen-bond donors (Lipinski definition) is 1. The van der Waals surface area contributed by atoms with E-state index >= 15 is 0 Å². The maximum absolute atomic E-state index is 13.2. The normalized spacial score (nSPS) is 20.5. The predicted octanol–water partition coefficient (Wildman–Crippen LogP) is 3.56. The topological polar surface area (TPSA) is 54.0 Å². The van der Waals surface area contributed by atoms with Gasteiger partial charge in [0.15, 0.2) is 11.5 Å². The summed E-state index contributed by atoms with van der Waals surface area (Å²) in [6.07, 6.45) is 4.25. The van der Waals surface area contributed by atoms with Crippen LogP contribution in [0.4, 0.5) is 11.4 Å². The van der Waals surface area contributed by atoms with Crippen LogP contribution in [-0.2, 0) is 6.42 Å². The van der Waals surface area contributed by atoms with Gasteiger partial charge in [-0.25, -0.2) is 0 Å². The third kappa shape index (κ3) is 3.78. The van der Waals surface area contributed by atoms with Crippen LogP contribution in [0.15, 0.2) is 36.4 Å². The molecule has 1 N–H and O–H groups in total. The molecule has 5 rings (SSSR count). The molecule has 1 amide bonds. The Bertz CT molecular complexity index is 945. The van der Waals surface area contributed by atoms with Gasteiger partial charge in [-0.1, -0.05) is 0 Å². The van der Waals surface area contributed by atoms with Crippen molar-refractivity contribution < 1.29 is 14.3 Å². The number of likely N-dealkylation sites (tertiary alicyclic amines) is 1. The lowest BCUT2D eigenvalue weighted by Gasteiger charge is -2.34. The average Bonchev–Trinajstić information content (AvgIpc) is 2.78. The minimum Gasteiger partial charge on any atom is -0.486 e. The van der Waals surface area contributed by atoms with Crippen molar-refractivity contribution in [3.8, 4) is 11.5 Å². The van der Waals surface area contributed by atoms with Crippen molar-refractivity contribution in [1.29, 1.82) is 0 Å². The fraction of sp³-hybridized carbons (Fsp3) is 0.458. The minimum atomic E-state index is 0.139. The van der Waals surface area contributed by atoms with Crippen LogP contribution >= 0.6 is 0 Å². The molecule has 3 aliphatic rings. The van der Waals surface area contributed by atoms with Crippen molar-refractivity contribution >= 4 is 17.3 Å². The Kier molecular flexibility index (Phi) is 5.15. The van der Waals surface area contributed by atoms with E-state index in [1.54, 1.807) is 0 Å². The van der Waals surface area contributed by atoms with Crippen molar-refractivity contribution in [3.05, 3.63) is 47.5 Å². The van der Waals surface area contributed by atoms with E-state index in [-0.39, 0.29) is 11.9 Å². The number of nitrogens with zero attached hydrogens (tertiary/aromatic N) is 2. The van der Waals surface area contributed by atoms with Gasteiger partial charge < -0.3 is 24.6 Å². The molecule has 0 aromatic heterocycles. The zero-order valence-electron chi connectivity index (χ0n) is 17.5. The molecule has 3 heterocycles. The summed E-state index contributed by atoms with van der Waals surface area (Å²) in [6, 6.07) is 12.4. The summed E-state index contributed by atoms with van der Waals surface area (Å²) in [4.78, 5) is 17.5. The van der Waals surface area contributed by atoms with Gasteiger partial charge in [-0.05, 0) is 61.6 Å². The Balaban J connectivity index is 1.27.